The highest BCUT2D eigenvalue weighted by Crippen LogP contribution is 2.35. The summed E-state index contributed by atoms with van der Waals surface area (Å²) in [7, 11) is 0. The summed E-state index contributed by atoms with van der Waals surface area (Å²) >= 11 is 0. The third-order valence-corrected chi connectivity index (χ3v) is 5.90. The summed E-state index contributed by atoms with van der Waals surface area (Å²) in [5, 5.41) is 2.86. The Morgan fingerprint density at radius 3 is 2.84 bits per heavy atom. The molecule has 5 heteroatoms. The van der Waals surface area contributed by atoms with Gasteiger partial charge in [0.2, 0.25) is 5.91 Å². The molecule has 2 heterocycles. The highest BCUT2D eigenvalue weighted by atomic mass is 16.5. The van der Waals surface area contributed by atoms with Crippen LogP contribution in [0, 0.1) is 5.92 Å². The lowest BCUT2D eigenvalue weighted by Gasteiger charge is -2.29. The van der Waals surface area contributed by atoms with Crippen LogP contribution in [0.1, 0.15) is 50.5 Å². The van der Waals surface area contributed by atoms with Crippen LogP contribution in [0.5, 0.6) is 5.75 Å². The first-order chi connectivity index (χ1) is 12.2. The number of likely N-dealkylation sites (tertiary alicyclic amines) is 1. The Bertz CT molecular complexity index is 667. The molecule has 1 saturated heterocycles. The number of ether oxygens (including phenoxy) is 1. The molecular formula is C20H26N2O3. The SMILES string of the molecule is O=C1CCc2cc(OCC(=O)N3CCCC3C3CCCC3)ccc2N1. The van der Waals surface area contributed by atoms with E-state index in [1.54, 1.807) is 0 Å². The van der Waals surface area contributed by atoms with E-state index in [0.717, 1.165) is 37.1 Å². The summed E-state index contributed by atoms with van der Waals surface area (Å²) in [6.45, 7) is 0.980. The number of aryl methyl sites for hydroxylation is 1. The fraction of sp³-hybridized carbons (Fsp3) is 0.600. The molecule has 0 bridgehead atoms. The largest absolute Gasteiger partial charge is 0.484 e. The first-order valence-corrected chi connectivity index (χ1v) is 9.56. The minimum Gasteiger partial charge on any atom is -0.484 e. The number of hydrogen-bond donors (Lipinski definition) is 1. The van der Waals surface area contributed by atoms with Gasteiger partial charge < -0.3 is 15.0 Å². The van der Waals surface area contributed by atoms with Crippen LogP contribution in [0.15, 0.2) is 18.2 Å². The second kappa shape index (κ2) is 7.06. The third kappa shape index (κ3) is 3.51. The Morgan fingerprint density at radius 2 is 2.00 bits per heavy atom. The van der Waals surface area contributed by atoms with Crippen LogP contribution in [0.2, 0.25) is 0 Å². The molecule has 4 rings (SSSR count). The number of nitrogens with zero attached hydrogens (tertiary/aromatic N) is 1. The number of carbonyl (C=O) groups is 2. The van der Waals surface area contributed by atoms with E-state index in [2.05, 4.69) is 10.2 Å². The minimum atomic E-state index is 0.0586. The molecule has 1 aromatic carbocycles. The van der Waals surface area contributed by atoms with Gasteiger partial charge in [-0.05, 0) is 61.8 Å². The third-order valence-electron chi connectivity index (χ3n) is 5.90. The van der Waals surface area contributed by atoms with Gasteiger partial charge in [0.1, 0.15) is 5.75 Å². The quantitative estimate of drug-likeness (QED) is 0.914. The van der Waals surface area contributed by atoms with Crippen LogP contribution >= 0.6 is 0 Å². The van der Waals surface area contributed by atoms with Gasteiger partial charge in [0.25, 0.3) is 5.91 Å². The maximum Gasteiger partial charge on any atom is 0.260 e. The molecule has 0 spiro atoms. The first-order valence-electron chi connectivity index (χ1n) is 9.56. The number of anilines is 1. The smallest absolute Gasteiger partial charge is 0.260 e. The number of rotatable bonds is 4. The van der Waals surface area contributed by atoms with E-state index in [-0.39, 0.29) is 18.4 Å². The molecule has 3 aliphatic rings. The van der Waals surface area contributed by atoms with E-state index in [1.807, 2.05) is 18.2 Å². The zero-order valence-electron chi connectivity index (χ0n) is 14.6. The average Bonchev–Trinajstić information content (AvgIpc) is 3.30. The van der Waals surface area contributed by atoms with E-state index < -0.39 is 0 Å². The maximum absolute atomic E-state index is 12.7. The van der Waals surface area contributed by atoms with Gasteiger partial charge in [-0.15, -0.1) is 0 Å². The topological polar surface area (TPSA) is 58.6 Å². The summed E-state index contributed by atoms with van der Waals surface area (Å²) in [5.74, 6) is 1.57. The standard InChI is InChI=1S/C20H26N2O3/c23-19-10-7-15-12-16(8-9-17(15)21-19)25-13-20(24)22-11-3-6-18(22)14-4-1-2-5-14/h8-9,12,14,18H,1-7,10-11,13H2,(H,21,23). The van der Waals surface area contributed by atoms with Crippen molar-refractivity contribution in [2.24, 2.45) is 5.92 Å². The summed E-state index contributed by atoms with van der Waals surface area (Å²) in [6.07, 6.45) is 8.66. The molecule has 1 N–H and O–H groups in total. The summed E-state index contributed by atoms with van der Waals surface area (Å²) in [5.41, 5.74) is 1.94. The van der Waals surface area contributed by atoms with Crippen LogP contribution in [-0.4, -0.2) is 35.9 Å². The number of hydrogen-bond acceptors (Lipinski definition) is 3. The van der Waals surface area contributed by atoms with E-state index in [4.69, 9.17) is 4.74 Å². The molecule has 25 heavy (non-hydrogen) atoms. The molecule has 1 atom stereocenters. The molecule has 1 saturated carbocycles. The van der Waals surface area contributed by atoms with Crippen LogP contribution < -0.4 is 10.1 Å². The predicted octanol–water partition coefficient (Wildman–Crippen LogP) is 3.13. The number of benzene rings is 1. The maximum atomic E-state index is 12.7. The van der Waals surface area contributed by atoms with Crippen molar-refractivity contribution >= 4 is 17.5 Å². The van der Waals surface area contributed by atoms with Crippen LogP contribution in [0.25, 0.3) is 0 Å². The van der Waals surface area contributed by atoms with E-state index in [9.17, 15) is 9.59 Å². The molecule has 2 fully saturated rings. The normalized spacial score (nSPS) is 23.4. The van der Waals surface area contributed by atoms with Crippen molar-refractivity contribution in [1.82, 2.24) is 4.90 Å². The Morgan fingerprint density at radius 1 is 1.16 bits per heavy atom. The Labute approximate surface area is 148 Å². The minimum absolute atomic E-state index is 0.0586. The van der Waals surface area contributed by atoms with Crippen molar-refractivity contribution in [2.45, 2.75) is 57.4 Å². The van der Waals surface area contributed by atoms with Gasteiger partial charge in [0.05, 0.1) is 0 Å². The van der Waals surface area contributed by atoms with E-state index in [1.165, 1.54) is 25.7 Å². The van der Waals surface area contributed by atoms with Gasteiger partial charge in [-0.25, -0.2) is 0 Å². The lowest BCUT2D eigenvalue weighted by molar-refractivity contribution is -0.135. The fourth-order valence-corrected chi connectivity index (χ4v) is 4.61. The van der Waals surface area contributed by atoms with Crippen LogP contribution in [-0.2, 0) is 16.0 Å². The first kappa shape index (κ1) is 16.4. The van der Waals surface area contributed by atoms with Gasteiger partial charge >= 0.3 is 0 Å². The Kier molecular flexibility index (Phi) is 4.64. The highest BCUT2D eigenvalue weighted by molar-refractivity contribution is 5.94. The Balaban J connectivity index is 1.36. The van der Waals surface area contributed by atoms with Gasteiger partial charge in [-0.2, -0.15) is 0 Å². The second-order valence-electron chi connectivity index (χ2n) is 7.50. The summed E-state index contributed by atoms with van der Waals surface area (Å²) in [6, 6.07) is 6.07. The molecule has 0 aromatic heterocycles. The predicted molar refractivity (Wildman–Crippen MR) is 95.6 cm³/mol. The van der Waals surface area contributed by atoms with Crippen molar-refractivity contribution < 1.29 is 14.3 Å². The molecule has 1 aliphatic carbocycles. The fourth-order valence-electron chi connectivity index (χ4n) is 4.61. The second-order valence-corrected chi connectivity index (χ2v) is 7.50. The molecule has 1 aromatic rings. The van der Waals surface area contributed by atoms with Crippen molar-refractivity contribution in [3.63, 3.8) is 0 Å². The molecule has 134 valence electrons. The zero-order valence-corrected chi connectivity index (χ0v) is 14.6. The van der Waals surface area contributed by atoms with Gasteiger partial charge in [0.15, 0.2) is 6.61 Å². The lowest BCUT2D eigenvalue weighted by Crippen LogP contribution is -2.41. The highest BCUT2D eigenvalue weighted by Gasteiger charge is 2.35. The van der Waals surface area contributed by atoms with E-state index in [0.29, 0.717) is 24.1 Å². The number of nitrogens with one attached hydrogen (secondary N) is 1. The van der Waals surface area contributed by atoms with Gasteiger partial charge in [-0.1, -0.05) is 12.8 Å². The van der Waals surface area contributed by atoms with Gasteiger partial charge in [0, 0.05) is 24.7 Å². The number of carbonyl (C=O) groups excluding carboxylic acids is 2. The van der Waals surface area contributed by atoms with Crippen molar-refractivity contribution in [3.8, 4) is 5.75 Å². The van der Waals surface area contributed by atoms with Crippen molar-refractivity contribution in [1.29, 1.82) is 0 Å². The lowest BCUT2D eigenvalue weighted by atomic mass is 9.96. The van der Waals surface area contributed by atoms with E-state index >= 15 is 0 Å². The Hall–Kier alpha value is -2.04. The van der Waals surface area contributed by atoms with Crippen LogP contribution in [0.4, 0.5) is 5.69 Å². The summed E-state index contributed by atoms with van der Waals surface area (Å²) in [4.78, 5) is 26.1. The number of amides is 2. The van der Waals surface area contributed by atoms with Gasteiger partial charge in [-0.3, -0.25) is 9.59 Å². The number of fused-ring (bicyclic) bond motifs is 1. The van der Waals surface area contributed by atoms with Crippen molar-refractivity contribution in [3.05, 3.63) is 23.8 Å². The molecule has 2 amide bonds. The molecule has 1 unspecified atom stereocenters. The molecule has 2 aliphatic heterocycles. The monoisotopic (exact) mass is 342 g/mol. The molecule has 5 nitrogen and oxygen atoms in total. The average molecular weight is 342 g/mol. The van der Waals surface area contributed by atoms with Crippen LogP contribution in [0.3, 0.4) is 0 Å². The molecular weight excluding hydrogens is 316 g/mol. The summed E-state index contributed by atoms with van der Waals surface area (Å²) < 4.78 is 5.78. The molecule has 0 radical (unpaired) electrons. The van der Waals surface area contributed by atoms with Crippen molar-refractivity contribution in [2.75, 3.05) is 18.5 Å². The zero-order chi connectivity index (χ0) is 17.2.